The van der Waals surface area contributed by atoms with E-state index in [1.54, 1.807) is 0 Å². The summed E-state index contributed by atoms with van der Waals surface area (Å²) in [5.74, 6) is -1.41. The Labute approximate surface area is 118 Å². The third-order valence-corrected chi connectivity index (χ3v) is 3.44. The highest BCUT2D eigenvalue weighted by Crippen LogP contribution is 2.17. The molecule has 0 atom stereocenters. The highest BCUT2D eigenvalue weighted by molar-refractivity contribution is 9.10. The van der Waals surface area contributed by atoms with Gasteiger partial charge in [0.1, 0.15) is 17.4 Å². The van der Waals surface area contributed by atoms with Crippen molar-refractivity contribution in [2.75, 3.05) is 0 Å². The van der Waals surface area contributed by atoms with E-state index in [0.717, 1.165) is 16.1 Å². The first-order valence-electron chi connectivity index (χ1n) is 5.74. The van der Waals surface area contributed by atoms with Crippen molar-refractivity contribution >= 4 is 21.7 Å². The van der Waals surface area contributed by atoms with Crippen molar-refractivity contribution < 1.29 is 13.6 Å². The third kappa shape index (κ3) is 3.96. The fraction of sp³-hybridized carbons (Fsp3) is 0.133. The van der Waals surface area contributed by atoms with Gasteiger partial charge in [0.05, 0.1) is 0 Å². The summed E-state index contributed by atoms with van der Waals surface area (Å²) in [7, 11) is 0. The van der Waals surface area contributed by atoms with Gasteiger partial charge in [-0.2, -0.15) is 0 Å². The Bertz CT molecular complexity index is 591. The lowest BCUT2D eigenvalue weighted by Gasteiger charge is -2.04. The zero-order valence-corrected chi connectivity index (χ0v) is 11.6. The van der Waals surface area contributed by atoms with Gasteiger partial charge in [-0.15, -0.1) is 0 Å². The SMILES string of the molecule is O=C(Cc1cc(F)cc(F)c1)Cc1ccccc1Br. The molecule has 0 aliphatic heterocycles. The van der Waals surface area contributed by atoms with E-state index in [1.807, 2.05) is 24.3 Å². The molecule has 0 aliphatic carbocycles. The molecule has 0 saturated carbocycles. The maximum Gasteiger partial charge on any atom is 0.141 e. The van der Waals surface area contributed by atoms with Crippen LogP contribution in [0.4, 0.5) is 8.78 Å². The molecule has 0 unspecified atom stereocenters. The van der Waals surface area contributed by atoms with Crippen LogP contribution >= 0.6 is 15.9 Å². The largest absolute Gasteiger partial charge is 0.299 e. The van der Waals surface area contributed by atoms with E-state index in [0.29, 0.717) is 5.56 Å². The zero-order chi connectivity index (χ0) is 13.8. The summed E-state index contributed by atoms with van der Waals surface area (Å²) in [5, 5.41) is 0. The molecule has 0 spiro atoms. The molecule has 2 rings (SSSR count). The number of benzene rings is 2. The van der Waals surface area contributed by atoms with Gasteiger partial charge in [0.2, 0.25) is 0 Å². The molecular weight excluding hydrogens is 314 g/mol. The Hall–Kier alpha value is -1.55. The summed E-state index contributed by atoms with van der Waals surface area (Å²) in [6, 6.07) is 10.6. The molecule has 0 amide bonds. The molecule has 0 saturated heterocycles. The molecule has 0 heterocycles. The van der Waals surface area contributed by atoms with Crippen LogP contribution in [-0.2, 0) is 17.6 Å². The molecule has 0 bridgehead atoms. The first-order chi connectivity index (χ1) is 9.04. The van der Waals surface area contributed by atoms with Crippen LogP contribution in [0, 0.1) is 11.6 Å². The molecule has 0 fully saturated rings. The molecule has 1 nitrogen and oxygen atoms in total. The Balaban J connectivity index is 2.07. The van der Waals surface area contributed by atoms with Crippen LogP contribution in [0.25, 0.3) is 0 Å². The molecule has 0 aliphatic rings. The van der Waals surface area contributed by atoms with Crippen molar-refractivity contribution in [1.82, 2.24) is 0 Å². The summed E-state index contributed by atoms with van der Waals surface area (Å²) in [6.45, 7) is 0. The van der Waals surface area contributed by atoms with Gasteiger partial charge in [0.15, 0.2) is 0 Å². The fourth-order valence-electron chi connectivity index (χ4n) is 1.86. The Kier molecular flexibility index (Phi) is 4.43. The van der Waals surface area contributed by atoms with Crippen molar-refractivity contribution in [2.45, 2.75) is 12.8 Å². The monoisotopic (exact) mass is 324 g/mol. The number of Topliss-reactive ketones (excluding diaryl/α,β-unsaturated/α-hetero) is 1. The van der Waals surface area contributed by atoms with E-state index in [9.17, 15) is 13.6 Å². The van der Waals surface area contributed by atoms with Gasteiger partial charge in [-0.05, 0) is 29.3 Å². The van der Waals surface area contributed by atoms with Crippen LogP contribution in [-0.4, -0.2) is 5.78 Å². The first kappa shape index (κ1) is 13.9. The molecule has 2 aromatic carbocycles. The van der Waals surface area contributed by atoms with Crippen molar-refractivity contribution in [3.8, 4) is 0 Å². The predicted octanol–water partition coefficient (Wildman–Crippen LogP) is 4.08. The lowest BCUT2D eigenvalue weighted by Crippen LogP contribution is -2.07. The van der Waals surface area contributed by atoms with Crippen LogP contribution in [0.15, 0.2) is 46.9 Å². The van der Waals surface area contributed by atoms with Gasteiger partial charge >= 0.3 is 0 Å². The van der Waals surface area contributed by atoms with Crippen molar-refractivity contribution in [2.24, 2.45) is 0 Å². The summed E-state index contributed by atoms with van der Waals surface area (Å²) < 4.78 is 26.9. The first-order valence-corrected chi connectivity index (χ1v) is 6.54. The minimum absolute atomic E-state index is 0.0238. The molecule has 0 N–H and O–H groups in total. The van der Waals surface area contributed by atoms with E-state index >= 15 is 0 Å². The number of carbonyl (C=O) groups excluding carboxylic acids is 1. The van der Waals surface area contributed by atoms with Crippen LogP contribution in [0.1, 0.15) is 11.1 Å². The summed E-state index contributed by atoms with van der Waals surface area (Å²) in [4.78, 5) is 11.9. The summed E-state index contributed by atoms with van der Waals surface area (Å²) >= 11 is 3.36. The molecule has 4 heteroatoms. The van der Waals surface area contributed by atoms with E-state index in [2.05, 4.69) is 15.9 Å². The number of carbonyl (C=O) groups is 1. The molecular formula is C15H11BrF2O. The van der Waals surface area contributed by atoms with Gasteiger partial charge in [-0.25, -0.2) is 8.78 Å². The molecule has 2 aromatic rings. The maximum absolute atomic E-state index is 13.0. The van der Waals surface area contributed by atoms with Gasteiger partial charge in [-0.1, -0.05) is 34.1 Å². The van der Waals surface area contributed by atoms with Crippen molar-refractivity contribution in [3.63, 3.8) is 0 Å². The van der Waals surface area contributed by atoms with E-state index in [-0.39, 0.29) is 18.6 Å². The highest BCUT2D eigenvalue weighted by Gasteiger charge is 2.09. The molecule has 0 aromatic heterocycles. The minimum Gasteiger partial charge on any atom is -0.299 e. The van der Waals surface area contributed by atoms with Crippen molar-refractivity contribution in [1.29, 1.82) is 0 Å². The quantitative estimate of drug-likeness (QED) is 0.828. The number of hydrogen-bond donors (Lipinski definition) is 0. The third-order valence-electron chi connectivity index (χ3n) is 2.67. The predicted molar refractivity (Wildman–Crippen MR) is 72.9 cm³/mol. The van der Waals surface area contributed by atoms with Crippen LogP contribution in [0.5, 0.6) is 0 Å². The fourth-order valence-corrected chi connectivity index (χ4v) is 2.28. The van der Waals surface area contributed by atoms with E-state index < -0.39 is 11.6 Å². The number of rotatable bonds is 4. The lowest BCUT2D eigenvalue weighted by molar-refractivity contribution is -0.117. The van der Waals surface area contributed by atoms with Gasteiger partial charge < -0.3 is 0 Å². The number of halogens is 3. The Morgan fingerprint density at radius 3 is 2.26 bits per heavy atom. The van der Waals surface area contributed by atoms with Crippen LogP contribution in [0.3, 0.4) is 0 Å². The van der Waals surface area contributed by atoms with Crippen LogP contribution in [0.2, 0.25) is 0 Å². The molecule has 0 radical (unpaired) electrons. The summed E-state index contributed by atoms with van der Waals surface area (Å²) in [5.41, 5.74) is 1.22. The van der Waals surface area contributed by atoms with Crippen molar-refractivity contribution in [3.05, 3.63) is 69.7 Å². The van der Waals surface area contributed by atoms with Gasteiger partial charge in [0.25, 0.3) is 0 Å². The second kappa shape index (κ2) is 6.06. The second-order valence-electron chi connectivity index (χ2n) is 4.26. The molecule has 98 valence electrons. The minimum atomic E-state index is -0.663. The normalized spacial score (nSPS) is 10.5. The zero-order valence-electron chi connectivity index (χ0n) is 10.00. The average Bonchev–Trinajstić information content (AvgIpc) is 2.30. The highest BCUT2D eigenvalue weighted by atomic mass is 79.9. The lowest BCUT2D eigenvalue weighted by atomic mass is 10.0. The number of ketones is 1. The smallest absolute Gasteiger partial charge is 0.141 e. The van der Waals surface area contributed by atoms with Crippen LogP contribution < -0.4 is 0 Å². The second-order valence-corrected chi connectivity index (χ2v) is 5.12. The van der Waals surface area contributed by atoms with Gasteiger partial charge in [0, 0.05) is 23.4 Å². The van der Waals surface area contributed by atoms with E-state index in [1.165, 1.54) is 12.1 Å². The Morgan fingerprint density at radius 2 is 1.63 bits per heavy atom. The van der Waals surface area contributed by atoms with E-state index in [4.69, 9.17) is 0 Å². The van der Waals surface area contributed by atoms with Gasteiger partial charge in [-0.3, -0.25) is 4.79 Å². The average molecular weight is 325 g/mol. The molecule has 19 heavy (non-hydrogen) atoms. The maximum atomic E-state index is 13.0. The Morgan fingerprint density at radius 1 is 1.00 bits per heavy atom. The standard InChI is InChI=1S/C15H11BrF2O/c16-15-4-2-1-3-11(15)8-14(19)7-10-5-12(17)9-13(18)6-10/h1-6,9H,7-8H2. The topological polar surface area (TPSA) is 17.1 Å². The summed E-state index contributed by atoms with van der Waals surface area (Å²) in [6.07, 6.45) is 0.259. The number of hydrogen-bond acceptors (Lipinski definition) is 1.